The summed E-state index contributed by atoms with van der Waals surface area (Å²) >= 11 is 0. The SMILES string of the molecule is CC(C)(C)C1C=C(c2ccc3c(c2)C(=O)N(Cc2ncccn2)CCO3)CCN1C(=O)O. The molecule has 1 aromatic heterocycles. The molecule has 1 atom stereocenters. The van der Waals surface area contributed by atoms with Crippen LogP contribution in [0.3, 0.4) is 0 Å². The van der Waals surface area contributed by atoms with Crippen molar-refractivity contribution in [3.63, 3.8) is 0 Å². The Morgan fingerprint density at radius 3 is 2.66 bits per heavy atom. The number of carboxylic acid groups (broad SMARTS) is 1. The number of hydrogen-bond donors (Lipinski definition) is 1. The van der Waals surface area contributed by atoms with Gasteiger partial charge < -0.3 is 19.6 Å². The summed E-state index contributed by atoms with van der Waals surface area (Å²) in [5.41, 5.74) is 2.21. The monoisotopic (exact) mass is 436 g/mol. The number of amides is 2. The minimum absolute atomic E-state index is 0.122. The Bertz CT molecular complexity index is 1050. The molecule has 1 N–H and O–H groups in total. The van der Waals surface area contributed by atoms with Crippen molar-refractivity contribution in [2.24, 2.45) is 5.41 Å². The Labute approximate surface area is 187 Å². The average molecular weight is 437 g/mol. The van der Waals surface area contributed by atoms with Gasteiger partial charge in [0.1, 0.15) is 18.2 Å². The number of fused-ring (bicyclic) bond motifs is 1. The van der Waals surface area contributed by atoms with Gasteiger partial charge in [-0.2, -0.15) is 0 Å². The second-order valence-electron chi connectivity index (χ2n) is 9.18. The van der Waals surface area contributed by atoms with Gasteiger partial charge in [0, 0.05) is 18.9 Å². The van der Waals surface area contributed by atoms with Crippen LogP contribution in [0.25, 0.3) is 5.57 Å². The zero-order valence-electron chi connectivity index (χ0n) is 18.6. The number of hydrogen-bond acceptors (Lipinski definition) is 5. The third-order valence-electron chi connectivity index (χ3n) is 5.89. The molecule has 2 aromatic rings. The summed E-state index contributed by atoms with van der Waals surface area (Å²) < 4.78 is 5.84. The molecule has 3 heterocycles. The molecular formula is C24H28N4O4. The van der Waals surface area contributed by atoms with E-state index in [4.69, 9.17) is 4.74 Å². The van der Waals surface area contributed by atoms with Crippen LogP contribution < -0.4 is 4.74 Å². The van der Waals surface area contributed by atoms with Gasteiger partial charge in [0.25, 0.3) is 5.91 Å². The standard InChI is InChI=1S/C24H28N4O4/c1-24(2,3)20-14-17(7-10-28(20)23(30)31)16-5-6-19-18(13-16)22(29)27(11-12-32-19)15-21-25-8-4-9-26-21/h4-6,8-9,13-14,20H,7,10-12,15H2,1-3H3,(H,30,31). The molecule has 4 rings (SSSR count). The second-order valence-corrected chi connectivity index (χ2v) is 9.18. The van der Waals surface area contributed by atoms with Gasteiger partial charge in [-0.1, -0.05) is 32.9 Å². The summed E-state index contributed by atoms with van der Waals surface area (Å²) in [6.07, 6.45) is 5.03. The topological polar surface area (TPSA) is 95.9 Å². The summed E-state index contributed by atoms with van der Waals surface area (Å²) in [4.78, 5) is 36.7. The van der Waals surface area contributed by atoms with Crippen LogP contribution in [-0.2, 0) is 6.54 Å². The molecule has 8 nitrogen and oxygen atoms in total. The molecule has 2 aliphatic heterocycles. The van der Waals surface area contributed by atoms with Crippen LogP contribution in [-0.4, -0.2) is 62.6 Å². The number of nitrogens with zero attached hydrogens (tertiary/aromatic N) is 4. The molecule has 0 spiro atoms. The fourth-order valence-corrected chi connectivity index (χ4v) is 4.21. The molecule has 0 saturated heterocycles. The molecule has 0 bridgehead atoms. The maximum atomic E-state index is 13.3. The molecule has 1 aromatic carbocycles. The Kier molecular flexibility index (Phi) is 5.86. The first-order valence-corrected chi connectivity index (χ1v) is 10.8. The minimum atomic E-state index is -0.912. The van der Waals surface area contributed by atoms with Gasteiger partial charge >= 0.3 is 6.09 Å². The first kappa shape index (κ1) is 21.8. The van der Waals surface area contributed by atoms with Crippen LogP contribution in [0, 0.1) is 5.41 Å². The number of aromatic nitrogens is 2. The van der Waals surface area contributed by atoms with E-state index in [9.17, 15) is 14.7 Å². The van der Waals surface area contributed by atoms with E-state index in [0.717, 1.165) is 11.1 Å². The van der Waals surface area contributed by atoms with Gasteiger partial charge in [0.15, 0.2) is 0 Å². The molecule has 32 heavy (non-hydrogen) atoms. The Hall–Kier alpha value is -3.42. The van der Waals surface area contributed by atoms with Gasteiger partial charge in [0.05, 0.1) is 24.7 Å². The molecule has 0 aliphatic carbocycles. The van der Waals surface area contributed by atoms with Crippen molar-refractivity contribution in [3.05, 3.63) is 59.7 Å². The Balaban J connectivity index is 1.65. The van der Waals surface area contributed by atoms with Crippen molar-refractivity contribution in [2.45, 2.75) is 39.8 Å². The molecular weight excluding hydrogens is 408 g/mol. The van der Waals surface area contributed by atoms with Crippen molar-refractivity contribution in [1.29, 1.82) is 0 Å². The summed E-state index contributed by atoms with van der Waals surface area (Å²) in [5.74, 6) is 1.02. The molecule has 1 unspecified atom stereocenters. The normalized spacial score (nSPS) is 19.0. The predicted octanol–water partition coefficient (Wildman–Crippen LogP) is 3.69. The van der Waals surface area contributed by atoms with Crippen LogP contribution >= 0.6 is 0 Å². The molecule has 2 aliphatic rings. The lowest BCUT2D eigenvalue weighted by atomic mass is 9.81. The number of carbonyl (C=O) groups excluding carboxylic acids is 1. The number of rotatable bonds is 3. The van der Waals surface area contributed by atoms with Gasteiger partial charge in [-0.15, -0.1) is 0 Å². The van der Waals surface area contributed by atoms with Crippen molar-refractivity contribution in [1.82, 2.24) is 19.8 Å². The second kappa shape index (κ2) is 8.61. The first-order chi connectivity index (χ1) is 15.2. The third-order valence-corrected chi connectivity index (χ3v) is 5.89. The molecule has 168 valence electrons. The highest BCUT2D eigenvalue weighted by atomic mass is 16.5. The molecule has 0 radical (unpaired) electrons. The van der Waals surface area contributed by atoms with E-state index >= 15 is 0 Å². The van der Waals surface area contributed by atoms with Gasteiger partial charge in [-0.3, -0.25) is 4.79 Å². The lowest BCUT2D eigenvalue weighted by Gasteiger charge is -2.40. The van der Waals surface area contributed by atoms with E-state index in [1.807, 2.05) is 45.0 Å². The fraction of sp³-hybridized carbons (Fsp3) is 0.417. The first-order valence-electron chi connectivity index (χ1n) is 10.8. The highest BCUT2D eigenvalue weighted by Gasteiger charge is 2.35. The van der Waals surface area contributed by atoms with E-state index in [-0.39, 0.29) is 17.4 Å². The van der Waals surface area contributed by atoms with Crippen LogP contribution in [0.15, 0.2) is 42.7 Å². The predicted molar refractivity (Wildman–Crippen MR) is 119 cm³/mol. The lowest BCUT2D eigenvalue weighted by molar-refractivity contribution is 0.0738. The average Bonchev–Trinajstić information content (AvgIpc) is 2.92. The zero-order chi connectivity index (χ0) is 22.9. The Morgan fingerprint density at radius 2 is 1.97 bits per heavy atom. The highest BCUT2D eigenvalue weighted by Crippen LogP contribution is 2.36. The van der Waals surface area contributed by atoms with Gasteiger partial charge in [-0.25, -0.2) is 14.8 Å². The number of benzene rings is 1. The maximum absolute atomic E-state index is 13.3. The van der Waals surface area contributed by atoms with Crippen LogP contribution in [0.5, 0.6) is 5.75 Å². The number of carbonyl (C=O) groups is 2. The third kappa shape index (κ3) is 4.44. The highest BCUT2D eigenvalue weighted by molar-refractivity contribution is 5.98. The molecule has 2 amide bonds. The van der Waals surface area contributed by atoms with Crippen LogP contribution in [0.1, 0.15) is 48.9 Å². The van der Waals surface area contributed by atoms with Crippen LogP contribution in [0.4, 0.5) is 4.79 Å². The quantitative estimate of drug-likeness (QED) is 0.788. The van der Waals surface area contributed by atoms with Crippen molar-refractivity contribution in [2.75, 3.05) is 19.7 Å². The van der Waals surface area contributed by atoms with E-state index < -0.39 is 6.09 Å². The van der Waals surface area contributed by atoms with Gasteiger partial charge in [-0.05, 0) is 41.2 Å². The minimum Gasteiger partial charge on any atom is -0.491 e. The van der Waals surface area contributed by atoms with Crippen molar-refractivity contribution < 1.29 is 19.4 Å². The summed E-state index contributed by atoms with van der Waals surface area (Å²) in [5, 5.41) is 9.62. The van der Waals surface area contributed by atoms with Gasteiger partial charge in [0.2, 0.25) is 0 Å². The van der Waals surface area contributed by atoms with E-state index in [2.05, 4.69) is 9.97 Å². The zero-order valence-corrected chi connectivity index (χ0v) is 18.6. The fourth-order valence-electron chi connectivity index (χ4n) is 4.21. The van der Waals surface area contributed by atoms with Crippen LogP contribution in [0.2, 0.25) is 0 Å². The number of ether oxygens (including phenoxy) is 1. The summed E-state index contributed by atoms with van der Waals surface area (Å²) in [6.45, 7) is 7.68. The molecule has 0 fully saturated rings. The molecule has 0 saturated carbocycles. The van der Waals surface area contributed by atoms with Crippen molar-refractivity contribution >= 4 is 17.6 Å². The molecule has 8 heteroatoms. The van der Waals surface area contributed by atoms with E-state index in [1.165, 1.54) is 4.90 Å². The maximum Gasteiger partial charge on any atom is 0.407 e. The summed E-state index contributed by atoms with van der Waals surface area (Å²) in [6, 6.07) is 7.14. The summed E-state index contributed by atoms with van der Waals surface area (Å²) in [7, 11) is 0. The van der Waals surface area contributed by atoms with E-state index in [1.54, 1.807) is 23.4 Å². The smallest absolute Gasteiger partial charge is 0.407 e. The van der Waals surface area contributed by atoms with Crippen molar-refractivity contribution in [3.8, 4) is 5.75 Å². The van der Waals surface area contributed by atoms with E-state index in [0.29, 0.717) is 49.8 Å². The largest absolute Gasteiger partial charge is 0.491 e. The lowest BCUT2D eigenvalue weighted by Crippen LogP contribution is -2.48. The Morgan fingerprint density at radius 1 is 1.22 bits per heavy atom.